The summed E-state index contributed by atoms with van der Waals surface area (Å²) in [6.07, 6.45) is 0.674. The molecule has 5 nitrogen and oxygen atoms in total. The van der Waals surface area contributed by atoms with Crippen LogP contribution < -0.4 is 0 Å². The maximum Gasteiger partial charge on any atom is 0.417 e. The van der Waals surface area contributed by atoms with Crippen LogP contribution in [0.4, 0.5) is 13.2 Å². The molecule has 3 rings (SSSR count). The maximum absolute atomic E-state index is 13.4. The topological polar surface area (TPSA) is 46.8 Å². The van der Waals surface area contributed by atoms with Crippen molar-refractivity contribution in [1.29, 1.82) is 0 Å². The second-order valence-electron chi connectivity index (χ2n) is 6.66. The van der Waals surface area contributed by atoms with E-state index < -0.39 is 11.7 Å². The van der Waals surface area contributed by atoms with Gasteiger partial charge in [-0.1, -0.05) is 38.5 Å². The fraction of sp³-hybridized carbons (Fsp3) is 0.450. The van der Waals surface area contributed by atoms with Crippen molar-refractivity contribution in [1.82, 2.24) is 24.6 Å². The molecule has 0 spiro atoms. The van der Waals surface area contributed by atoms with Crippen molar-refractivity contribution < 1.29 is 13.2 Å². The molecule has 0 saturated heterocycles. The van der Waals surface area contributed by atoms with Gasteiger partial charge in [0.1, 0.15) is 6.33 Å². The van der Waals surface area contributed by atoms with Crippen LogP contribution in [0.15, 0.2) is 36.8 Å². The molecule has 28 heavy (non-hydrogen) atoms. The number of nitrogens with zero attached hydrogens (tertiary/aromatic N) is 5. The lowest BCUT2D eigenvalue weighted by atomic mass is 10.0. The molecule has 8 heteroatoms. The monoisotopic (exact) mass is 391 g/mol. The number of halogens is 3. The van der Waals surface area contributed by atoms with E-state index in [1.807, 2.05) is 0 Å². The van der Waals surface area contributed by atoms with Gasteiger partial charge in [0.15, 0.2) is 5.65 Å². The van der Waals surface area contributed by atoms with Gasteiger partial charge in [-0.15, -0.1) is 0 Å². The number of likely N-dealkylation sites (N-methyl/N-ethyl adjacent to an activating group) is 1. The summed E-state index contributed by atoms with van der Waals surface area (Å²) in [5.74, 6) is 0. The van der Waals surface area contributed by atoms with Crippen molar-refractivity contribution in [2.75, 3.05) is 19.6 Å². The molecule has 0 N–H and O–H groups in total. The number of hydrogen-bond acceptors (Lipinski definition) is 4. The van der Waals surface area contributed by atoms with Gasteiger partial charge in [-0.3, -0.25) is 0 Å². The highest BCUT2D eigenvalue weighted by Crippen LogP contribution is 2.37. The van der Waals surface area contributed by atoms with E-state index in [4.69, 9.17) is 0 Å². The van der Waals surface area contributed by atoms with Gasteiger partial charge in [-0.2, -0.15) is 18.3 Å². The molecule has 150 valence electrons. The van der Waals surface area contributed by atoms with Gasteiger partial charge in [0.2, 0.25) is 0 Å². The minimum atomic E-state index is -4.45. The summed E-state index contributed by atoms with van der Waals surface area (Å²) in [4.78, 5) is 10.7. The Bertz CT molecular complexity index is 920. The van der Waals surface area contributed by atoms with Crippen LogP contribution in [-0.2, 0) is 12.7 Å². The van der Waals surface area contributed by atoms with Crippen LogP contribution in [0.1, 0.15) is 32.3 Å². The number of unbranched alkanes of at least 4 members (excludes halogenated alkanes) is 1. The van der Waals surface area contributed by atoms with Gasteiger partial charge in [0, 0.05) is 12.1 Å². The van der Waals surface area contributed by atoms with Crippen LogP contribution in [0.2, 0.25) is 0 Å². The molecule has 0 aliphatic carbocycles. The lowest BCUT2D eigenvalue weighted by Crippen LogP contribution is -2.28. The van der Waals surface area contributed by atoms with Crippen LogP contribution in [-0.4, -0.2) is 44.3 Å². The maximum atomic E-state index is 13.4. The largest absolute Gasteiger partial charge is 0.417 e. The van der Waals surface area contributed by atoms with E-state index in [1.54, 1.807) is 16.9 Å². The first-order valence-electron chi connectivity index (χ1n) is 9.51. The highest BCUT2D eigenvalue weighted by Gasteiger charge is 2.34. The summed E-state index contributed by atoms with van der Waals surface area (Å²) < 4.78 is 42.0. The number of hydrogen-bond donors (Lipinski definition) is 0. The SMILES string of the molecule is CCCCN(CC)CCn1ncc2c(-c3ccccc3C(F)(F)F)ncnc21. The smallest absolute Gasteiger partial charge is 0.302 e. The average molecular weight is 391 g/mol. The summed E-state index contributed by atoms with van der Waals surface area (Å²) in [6, 6.07) is 5.46. The fourth-order valence-corrected chi connectivity index (χ4v) is 3.25. The Labute approximate surface area is 162 Å². The molecule has 0 radical (unpaired) electrons. The first-order chi connectivity index (χ1) is 13.5. The predicted molar refractivity (Wildman–Crippen MR) is 103 cm³/mol. The number of benzene rings is 1. The second-order valence-corrected chi connectivity index (χ2v) is 6.66. The van der Waals surface area contributed by atoms with Crippen molar-refractivity contribution in [3.05, 3.63) is 42.4 Å². The second kappa shape index (κ2) is 8.68. The Balaban J connectivity index is 1.93. The molecule has 1 aromatic carbocycles. The minimum absolute atomic E-state index is 0.0417. The molecular weight excluding hydrogens is 367 g/mol. The number of fused-ring (bicyclic) bond motifs is 1. The van der Waals surface area contributed by atoms with E-state index in [-0.39, 0.29) is 11.3 Å². The van der Waals surface area contributed by atoms with Crippen LogP contribution in [0.5, 0.6) is 0 Å². The third-order valence-electron chi connectivity index (χ3n) is 4.82. The zero-order chi connectivity index (χ0) is 20.1. The first kappa shape index (κ1) is 20.3. The molecular formula is C20H24F3N5. The van der Waals surface area contributed by atoms with Crippen molar-refractivity contribution in [2.24, 2.45) is 0 Å². The van der Waals surface area contributed by atoms with Gasteiger partial charge >= 0.3 is 6.18 Å². The van der Waals surface area contributed by atoms with Crippen LogP contribution in [0.25, 0.3) is 22.3 Å². The fourth-order valence-electron chi connectivity index (χ4n) is 3.25. The highest BCUT2D eigenvalue weighted by atomic mass is 19.4. The molecule has 0 unspecified atom stereocenters. The van der Waals surface area contributed by atoms with Gasteiger partial charge in [-0.05, 0) is 25.6 Å². The van der Waals surface area contributed by atoms with Crippen LogP contribution in [0.3, 0.4) is 0 Å². The molecule has 2 aromatic heterocycles. The Morgan fingerprint density at radius 2 is 1.86 bits per heavy atom. The van der Waals surface area contributed by atoms with Crippen molar-refractivity contribution in [2.45, 2.75) is 39.4 Å². The van der Waals surface area contributed by atoms with Crippen LogP contribution >= 0.6 is 0 Å². The quantitative estimate of drug-likeness (QED) is 0.562. The lowest BCUT2D eigenvalue weighted by molar-refractivity contribution is -0.137. The molecule has 0 fully saturated rings. The molecule has 0 bridgehead atoms. The number of alkyl halides is 3. The Morgan fingerprint density at radius 1 is 1.07 bits per heavy atom. The molecule has 0 amide bonds. The third kappa shape index (κ3) is 4.32. The summed E-state index contributed by atoms with van der Waals surface area (Å²) in [7, 11) is 0. The van der Waals surface area contributed by atoms with Crippen molar-refractivity contribution >= 4 is 11.0 Å². The molecule has 2 heterocycles. The molecule has 0 aliphatic rings. The Morgan fingerprint density at radius 3 is 2.57 bits per heavy atom. The van der Waals surface area contributed by atoms with E-state index in [0.717, 1.165) is 38.5 Å². The molecule has 0 saturated carbocycles. The van der Waals surface area contributed by atoms with Gasteiger partial charge in [0.05, 0.1) is 29.4 Å². The van der Waals surface area contributed by atoms with Crippen molar-refractivity contribution in [3.8, 4) is 11.3 Å². The average Bonchev–Trinajstić information content (AvgIpc) is 3.11. The standard InChI is InChI=1S/C20H24F3N5/c1-3-5-10-27(4-2)11-12-28-19-16(13-26-28)18(24-14-25-19)15-8-6-7-9-17(15)20(21,22)23/h6-9,13-14H,3-5,10-12H2,1-2H3. The van der Waals surface area contributed by atoms with E-state index >= 15 is 0 Å². The predicted octanol–water partition coefficient (Wildman–Crippen LogP) is 4.63. The van der Waals surface area contributed by atoms with Crippen molar-refractivity contribution in [3.63, 3.8) is 0 Å². The number of aromatic nitrogens is 4. The van der Waals surface area contributed by atoms with E-state index in [2.05, 4.69) is 33.8 Å². The summed E-state index contributed by atoms with van der Waals surface area (Å²) in [6.45, 7) is 7.67. The molecule has 3 aromatic rings. The van der Waals surface area contributed by atoms with Crippen LogP contribution in [0, 0.1) is 0 Å². The van der Waals surface area contributed by atoms with E-state index in [9.17, 15) is 13.2 Å². The zero-order valence-corrected chi connectivity index (χ0v) is 16.1. The first-order valence-corrected chi connectivity index (χ1v) is 9.51. The van der Waals surface area contributed by atoms with Gasteiger partial charge in [-0.25, -0.2) is 14.6 Å². The molecule has 0 aliphatic heterocycles. The highest BCUT2D eigenvalue weighted by molar-refractivity contribution is 5.90. The van der Waals surface area contributed by atoms with E-state index in [1.165, 1.54) is 18.5 Å². The lowest BCUT2D eigenvalue weighted by Gasteiger charge is -2.19. The van der Waals surface area contributed by atoms with E-state index in [0.29, 0.717) is 17.6 Å². The third-order valence-corrected chi connectivity index (χ3v) is 4.82. The summed E-state index contributed by atoms with van der Waals surface area (Å²) in [5, 5.41) is 4.89. The summed E-state index contributed by atoms with van der Waals surface area (Å²) >= 11 is 0. The minimum Gasteiger partial charge on any atom is -0.302 e. The Hall–Kier alpha value is -2.48. The number of rotatable bonds is 8. The molecule has 0 atom stereocenters. The zero-order valence-electron chi connectivity index (χ0n) is 16.1. The normalized spacial score (nSPS) is 12.2. The Kier molecular flexibility index (Phi) is 6.28. The van der Waals surface area contributed by atoms with Gasteiger partial charge in [0.25, 0.3) is 0 Å². The van der Waals surface area contributed by atoms with Gasteiger partial charge < -0.3 is 4.90 Å². The summed E-state index contributed by atoms with van der Waals surface area (Å²) in [5.41, 5.74) is 0.135.